The van der Waals surface area contributed by atoms with Crippen molar-refractivity contribution in [1.29, 1.82) is 0 Å². The normalized spacial score (nSPS) is 17.9. The van der Waals surface area contributed by atoms with Crippen molar-refractivity contribution in [2.45, 2.75) is 38.3 Å². The lowest BCUT2D eigenvalue weighted by atomic mass is 10.2. The molecule has 1 atom stereocenters. The quantitative estimate of drug-likeness (QED) is 0.740. The molecule has 2 rings (SSSR count). The SMILES string of the molecule is CC(CNC1CC1)NCCc1ccsc1. The molecule has 2 N–H and O–H groups in total. The fraction of sp³-hybridized carbons (Fsp3) is 0.667. The Morgan fingerprint density at radius 1 is 1.53 bits per heavy atom. The van der Waals surface area contributed by atoms with Gasteiger partial charge in [0, 0.05) is 18.6 Å². The van der Waals surface area contributed by atoms with Crippen LogP contribution in [0, 0.1) is 0 Å². The van der Waals surface area contributed by atoms with Gasteiger partial charge in [-0.2, -0.15) is 11.3 Å². The molecule has 0 saturated heterocycles. The Morgan fingerprint density at radius 3 is 3.07 bits per heavy atom. The third-order valence-corrected chi connectivity index (χ3v) is 3.51. The Morgan fingerprint density at radius 2 is 2.40 bits per heavy atom. The summed E-state index contributed by atoms with van der Waals surface area (Å²) < 4.78 is 0. The molecule has 0 spiro atoms. The van der Waals surface area contributed by atoms with Crippen LogP contribution < -0.4 is 10.6 Å². The minimum absolute atomic E-state index is 0.587. The number of hydrogen-bond donors (Lipinski definition) is 2. The van der Waals surface area contributed by atoms with E-state index < -0.39 is 0 Å². The fourth-order valence-electron chi connectivity index (χ4n) is 1.60. The molecule has 1 fully saturated rings. The Kier molecular flexibility index (Phi) is 4.18. The van der Waals surface area contributed by atoms with E-state index in [0.29, 0.717) is 6.04 Å². The smallest absolute Gasteiger partial charge is 0.0164 e. The highest BCUT2D eigenvalue weighted by Crippen LogP contribution is 2.18. The number of thiophene rings is 1. The van der Waals surface area contributed by atoms with Crippen molar-refractivity contribution < 1.29 is 0 Å². The molecule has 0 aromatic carbocycles. The van der Waals surface area contributed by atoms with Crippen LogP contribution in [0.1, 0.15) is 25.3 Å². The summed E-state index contributed by atoms with van der Waals surface area (Å²) in [5.41, 5.74) is 1.45. The molecule has 1 heterocycles. The lowest BCUT2D eigenvalue weighted by molar-refractivity contribution is 0.503. The lowest BCUT2D eigenvalue weighted by Crippen LogP contribution is -2.38. The molecule has 0 aliphatic heterocycles. The van der Waals surface area contributed by atoms with Crippen LogP contribution in [0.2, 0.25) is 0 Å². The predicted molar refractivity (Wildman–Crippen MR) is 66.5 cm³/mol. The van der Waals surface area contributed by atoms with Crippen LogP contribution in [0.15, 0.2) is 16.8 Å². The number of rotatable bonds is 7. The maximum absolute atomic E-state index is 3.55. The second-order valence-electron chi connectivity index (χ2n) is 4.42. The van der Waals surface area contributed by atoms with Crippen LogP contribution in [0.3, 0.4) is 0 Å². The van der Waals surface area contributed by atoms with Gasteiger partial charge in [-0.15, -0.1) is 0 Å². The molecule has 1 aliphatic carbocycles. The molecule has 0 radical (unpaired) electrons. The summed E-state index contributed by atoms with van der Waals surface area (Å²) in [5.74, 6) is 0. The standard InChI is InChI=1S/C12H20N2S/c1-10(8-14-12-2-3-12)13-6-4-11-5-7-15-9-11/h5,7,9-10,12-14H,2-4,6,8H2,1H3. The van der Waals surface area contributed by atoms with Gasteiger partial charge in [0.2, 0.25) is 0 Å². The first-order valence-corrected chi connectivity index (χ1v) is 6.77. The van der Waals surface area contributed by atoms with Crippen LogP contribution >= 0.6 is 11.3 Å². The zero-order valence-corrected chi connectivity index (χ0v) is 10.1. The highest BCUT2D eigenvalue weighted by atomic mass is 32.1. The van der Waals surface area contributed by atoms with E-state index in [9.17, 15) is 0 Å². The topological polar surface area (TPSA) is 24.1 Å². The molecular weight excluding hydrogens is 204 g/mol. The van der Waals surface area contributed by atoms with Gasteiger partial charge in [0.25, 0.3) is 0 Å². The van der Waals surface area contributed by atoms with Crippen molar-refractivity contribution in [3.63, 3.8) is 0 Å². The van der Waals surface area contributed by atoms with Gasteiger partial charge in [-0.3, -0.25) is 0 Å². The minimum Gasteiger partial charge on any atom is -0.313 e. The third-order valence-electron chi connectivity index (χ3n) is 2.78. The van der Waals surface area contributed by atoms with Crippen molar-refractivity contribution in [2.24, 2.45) is 0 Å². The van der Waals surface area contributed by atoms with E-state index in [1.807, 2.05) is 0 Å². The van der Waals surface area contributed by atoms with E-state index in [-0.39, 0.29) is 0 Å². The maximum atomic E-state index is 3.55. The molecule has 1 unspecified atom stereocenters. The summed E-state index contributed by atoms with van der Waals surface area (Å²) in [6.07, 6.45) is 3.90. The van der Waals surface area contributed by atoms with Gasteiger partial charge in [0.15, 0.2) is 0 Å². The molecule has 1 aromatic heterocycles. The summed E-state index contributed by atoms with van der Waals surface area (Å²) >= 11 is 1.78. The van der Waals surface area contributed by atoms with E-state index >= 15 is 0 Å². The van der Waals surface area contributed by atoms with Crippen molar-refractivity contribution in [1.82, 2.24) is 10.6 Å². The van der Waals surface area contributed by atoms with Gasteiger partial charge >= 0.3 is 0 Å². The first-order valence-electron chi connectivity index (χ1n) is 5.82. The van der Waals surface area contributed by atoms with E-state index in [2.05, 4.69) is 34.4 Å². The van der Waals surface area contributed by atoms with Gasteiger partial charge in [-0.05, 0) is 55.1 Å². The van der Waals surface area contributed by atoms with Crippen molar-refractivity contribution in [3.05, 3.63) is 22.4 Å². The summed E-state index contributed by atoms with van der Waals surface area (Å²) in [7, 11) is 0. The molecule has 3 heteroatoms. The minimum atomic E-state index is 0.587. The van der Waals surface area contributed by atoms with Gasteiger partial charge in [-0.25, -0.2) is 0 Å². The van der Waals surface area contributed by atoms with Crippen molar-refractivity contribution in [3.8, 4) is 0 Å². The van der Waals surface area contributed by atoms with Gasteiger partial charge in [0.1, 0.15) is 0 Å². The summed E-state index contributed by atoms with van der Waals surface area (Å²) in [6, 6.07) is 3.62. The molecule has 2 nitrogen and oxygen atoms in total. The van der Waals surface area contributed by atoms with E-state index in [1.165, 1.54) is 18.4 Å². The van der Waals surface area contributed by atoms with Gasteiger partial charge in [-0.1, -0.05) is 0 Å². The Labute approximate surface area is 96.1 Å². The fourth-order valence-corrected chi connectivity index (χ4v) is 2.30. The summed E-state index contributed by atoms with van der Waals surface area (Å²) in [6.45, 7) is 4.45. The molecule has 0 amide bonds. The van der Waals surface area contributed by atoms with Crippen molar-refractivity contribution >= 4 is 11.3 Å². The van der Waals surface area contributed by atoms with Crippen LogP contribution in [-0.2, 0) is 6.42 Å². The molecule has 0 bridgehead atoms. The second kappa shape index (κ2) is 5.64. The first kappa shape index (κ1) is 11.1. The van der Waals surface area contributed by atoms with Crippen LogP contribution in [0.4, 0.5) is 0 Å². The zero-order chi connectivity index (χ0) is 10.5. The van der Waals surface area contributed by atoms with E-state index in [0.717, 1.165) is 25.6 Å². The van der Waals surface area contributed by atoms with E-state index in [1.54, 1.807) is 11.3 Å². The summed E-state index contributed by atoms with van der Waals surface area (Å²) in [5, 5.41) is 11.5. The van der Waals surface area contributed by atoms with E-state index in [4.69, 9.17) is 0 Å². The maximum Gasteiger partial charge on any atom is 0.0164 e. The second-order valence-corrected chi connectivity index (χ2v) is 5.20. The Balaban J connectivity index is 1.52. The highest BCUT2D eigenvalue weighted by Gasteiger charge is 2.20. The first-order chi connectivity index (χ1) is 7.34. The number of hydrogen-bond acceptors (Lipinski definition) is 3. The molecule has 15 heavy (non-hydrogen) atoms. The molecule has 84 valence electrons. The lowest BCUT2D eigenvalue weighted by Gasteiger charge is -2.13. The third kappa shape index (κ3) is 4.33. The van der Waals surface area contributed by atoms with Gasteiger partial charge < -0.3 is 10.6 Å². The number of nitrogens with one attached hydrogen (secondary N) is 2. The van der Waals surface area contributed by atoms with Crippen molar-refractivity contribution in [2.75, 3.05) is 13.1 Å². The van der Waals surface area contributed by atoms with Crippen LogP contribution in [0.5, 0.6) is 0 Å². The molecular formula is C12H20N2S. The summed E-state index contributed by atoms with van der Waals surface area (Å²) in [4.78, 5) is 0. The molecule has 1 aromatic rings. The highest BCUT2D eigenvalue weighted by molar-refractivity contribution is 7.07. The zero-order valence-electron chi connectivity index (χ0n) is 9.33. The van der Waals surface area contributed by atoms with Crippen LogP contribution in [0.25, 0.3) is 0 Å². The Bertz CT molecular complexity index is 267. The molecule has 1 aliphatic rings. The molecule has 1 saturated carbocycles. The average molecular weight is 224 g/mol. The average Bonchev–Trinajstić information content (AvgIpc) is 2.92. The Hall–Kier alpha value is -0.380. The van der Waals surface area contributed by atoms with Crippen LogP contribution in [-0.4, -0.2) is 25.2 Å². The van der Waals surface area contributed by atoms with Gasteiger partial charge in [0.05, 0.1) is 0 Å². The largest absolute Gasteiger partial charge is 0.313 e. The monoisotopic (exact) mass is 224 g/mol. The predicted octanol–water partition coefficient (Wildman–Crippen LogP) is 2.02.